The number of hydrogen-bond acceptors (Lipinski definition) is 1. The standard InChI is InChI=1S/C48H36N4/c1-2-15-32(14-1)48-49-42-22-7-12-27-47(42)52(48)35-17-13-16-33(28-35)34-29-36(50-43-23-8-3-18-38(43)39-19-4-9-24-44(39)50)31-37(30-34)51-45-25-10-5-20-40(45)41-21-6-11-26-46(41)51/h3-13,16-32H,1-2,14-15H2. The van der Waals surface area contributed by atoms with E-state index in [0.29, 0.717) is 5.92 Å². The van der Waals surface area contributed by atoms with E-state index in [-0.39, 0.29) is 0 Å². The quantitative estimate of drug-likeness (QED) is 0.179. The Morgan fingerprint density at radius 2 is 0.846 bits per heavy atom. The van der Waals surface area contributed by atoms with E-state index in [1.54, 1.807) is 0 Å². The van der Waals surface area contributed by atoms with Crippen LogP contribution >= 0.6 is 0 Å². The molecule has 4 nitrogen and oxygen atoms in total. The van der Waals surface area contributed by atoms with Crippen molar-refractivity contribution in [3.8, 4) is 28.2 Å². The van der Waals surface area contributed by atoms with Gasteiger partial charge in [-0.15, -0.1) is 0 Å². The first kappa shape index (κ1) is 29.4. The Labute approximate surface area is 301 Å². The van der Waals surface area contributed by atoms with Gasteiger partial charge in [0.2, 0.25) is 0 Å². The monoisotopic (exact) mass is 668 g/mol. The highest BCUT2D eigenvalue weighted by Gasteiger charge is 2.25. The van der Waals surface area contributed by atoms with Crippen LogP contribution in [0.15, 0.2) is 164 Å². The minimum absolute atomic E-state index is 0.483. The van der Waals surface area contributed by atoms with Gasteiger partial charge in [-0.25, -0.2) is 4.98 Å². The minimum Gasteiger partial charge on any atom is -0.309 e. The molecule has 1 aliphatic carbocycles. The molecular weight excluding hydrogens is 633 g/mol. The van der Waals surface area contributed by atoms with Crippen molar-refractivity contribution in [1.29, 1.82) is 0 Å². The van der Waals surface area contributed by atoms with Crippen LogP contribution in [0.4, 0.5) is 0 Å². The molecule has 0 spiro atoms. The molecule has 0 atom stereocenters. The van der Waals surface area contributed by atoms with Crippen LogP contribution in [0.5, 0.6) is 0 Å². The second kappa shape index (κ2) is 11.6. The smallest absolute Gasteiger partial charge is 0.117 e. The summed E-state index contributed by atoms with van der Waals surface area (Å²) >= 11 is 0. The van der Waals surface area contributed by atoms with E-state index >= 15 is 0 Å². The molecule has 52 heavy (non-hydrogen) atoms. The number of benzene rings is 7. The molecule has 0 unspecified atom stereocenters. The van der Waals surface area contributed by atoms with E-state index in [1.807, 2.05) is 0 Å². The lowest BCUT2D eigenvalue weighted by molar-refractivity contribution is 0.659. The number of aromatic nitrogens is 4. The number of fused-ring (bicyclic) bond motifs is 7. The van der Waals surface area contributed by atoms with Crippen LogP contribution in [0.25, 0.3) is 82.8 Å². The van der Waals surface area contributed by atoms with Crippen molar-refractivity contribution in [3.63, 3.8) is 0 Å². The molecule has 1 aliphatic rings. The summed E-state index contributed by atoms with van der Waals surface area (Å²) < 4.78 is 7.31. The summed E-state index contributed by atoms with van der Waals surface area (Å²) in [5.74, 6) is 1.68. The largest absolute Gasteiger partial charge is 0.309 e. The fourth-order valence-electron chi connectivity index (χ4n) is 9.02. The summed E-state index contributed by atoms with van der Waals surface area (Å²) in [5.41, 5.74) is 12.8. The van der Waals surface area contributed by atoms with Crippen LogP contribution in [-0.2, 0) is 0 Å². The maximum Gasteiger partial charge on any atom is 0.117 e. The molecule has 7 aromatic carbocycles. The van der Waals surface area contributed by atoms with Gasteiger partial charge in [-0.1, -0.05) is 110 Å². The SMILES string of the molecule is c1cc(-c2cc(-n3c4ccccc4c4ccccc43)cc(-n3c4ccccc4c4ccccc43)c2)cc(-n2c(C3CCCC3)nc3ccccc32)c1. The zero-order valence-corrected chi connectivity index (χ0v) is 28.8. The normalized spacial score (nSPS) is 13.8. The van der Waals surface area contributed by atoms with Crippen LogP contribution in [0.1, 0.15) is 37.4 Å². The first-order valence-corrected chi connectivity index (χ1v) is 18.5. The maximum absolute atomic E-state index is 5.24. The van der Waals surface area contributed by atoms with Crippen molar-refractivity contribution in [2.75, 3.05) is 0 Å². The van der Waals surface area contributed by atoms with Crippen LogP contribution in [0, 0.1) is 0 Å². The third kappa shape index (κ3) is 4.44. The predicted molar refractivity (Wildman–Crippen MR) is 216 cm³/mol. The van der Waals surface area contributed by atoms with Gasteiger partial charge in [0.1, 0.15) is 5.82 Å². The number of nitrogens with zero attached hydrogens (tertiary/aromatic N) is 4. The molecule has 248 valence electrons. The topological polar surface area (TPSA) is 27.7 Å². The lowest BCUT2D eigenvalue weighted by atomic mass is 10.0. The molecule has 0 bridgehead atoms. The fourth-order valence-corrected chi connectivity index (χ4v) is 9.02. The number of hydrogen-bond donors (Lipinski definition) is 0. The van der Waals surface area contributed by atoms with Crippen LogP contribution in [-0.4, -0.2) is 18.7 Å². The zero-order valence-electron chi connectivity index (χ0n) is 28.8. The minimum atomic E-state index is 0.483. The van der Waals surface area contributed by atoms with Crippen LogP contribution < -0.4 is 0 Å². The van der Waals surface area contributed by atoms with Crippen molar-refractivity contribution < 1.29 is 0 Å². The van der Waals surface area contributed by atoms with Gasteiger partial charge in [-0.3, -0.25) is 4.57 Å². The van der Waals surface area contributed by atoms with E-state index < -0.39 is 0 Å². The van der Waals surface area contributed by atoms with Crippen molar-refractivity contribution in [2.45, 2.75) is 31.6 Å². The summed E-state index contributed by atoms with van der Waals surface area (Å²) in [5, 5.41) is 5.04. The summed E-state index contributed by atoms with van der Waals surface area (Å²) in [6, 6.07) is 60.0. The molecule has 0 aliphatic heterocycles. The van der Waals surface area contributed by atoms with Gasteiger partial charge in [0.25, 0.3) is 0 Å². The van der Waals surface area contributed by atoms with E-state index in [1.165, 1.54) is 91.8 Å². The molecule has 1 saturated carbocycles. The highest BCUT2D eigenvalue weighted by atomic mass is 15.1. The highest BCUT2D eigenvalue weighted by Crippen LogP contribution is 2.40. The van der Waals surface area contributed by atoms with Crippen molar-refractivity contribution in [1.82, 2.24) is 18.7 Å². The molecule has 0 saturated heterocycles. The lowest BCUT2D eigenvalue weighted by Gasteiger charge is -2.17. The van der Waals surface area contributed by atoms with Gasteiger partial charge >= 0.3 is 0 Å². The van der Waals surface area contributed by atoms with Gasteiger partial charge in [-0.05, 0) is 90.7 Å². The third-order valence-corrected chi connectivity index (χ3v) is 11.3. The van der Waals surface area contributed by atoms with E-state index in [0.717, 1.165) is 22.6 Å². The molecule has 0 radical (unpaired) electrons. The van der Waals surface area contributed by atoms with Crippen LogP contribution in [0.3, 0.4) is 0 Å². The molecule has 4 heteroatoms. The first-order valence-electron chi connectivity index (χ1n) is 18.5. The summed E-state index contributed by atoms with van der Waals surface area (Å²) in [7, 11) is 0. The Balaban J connectivity index is 1.19. The second-order valence-corrected chi connectivity index (χ2v) is 14.3. The van der Waals surface area contributed by atoms with Gasteiger partial charge in [-0.2, -0.15) is 0 Å². The number of rotatable bonds is 5. The lowest BCUT2D eigenvalue weighted by Crippen LogP contribution is -2.05. The molecule has 11 rings (SSSR count). The average molecular weight is 669 g/mol. The van der Waals surface area contributed by atoms with E-state index in [2.05, 4.69) is 177 Å². The van der Waals surface area contributed by atoms with Gasteiger partial charge in [0, 0.05) is 44.5 Å². The molecule has 0 N–H and O–H groups in total. The molecule has 3 aromatic heterocycles. The Kier molecular flexibility index (Phi) is 6.53. The maximum atomic E-state index is 5.24. The average Bonchev–Trinajstić information content (AvgIpc) is 4.00. The van der Waals surface area contributed by atoms with Gasteiger partial charge in [0.15, 0.2) is 0 Å². The molecule has 10 aromatic rings. The first-order chi connectivity index (χ1) is 25.8. The molecular formula is C48H36N4. The Morgan fingerprint density at radius 1 is 0.385 bits per heavy atom. The molecule has 3 heterocycles. The summed E-state index contributed by atoms with van der Waals surface area (Å²) in [4.78, 5) is 5.24. The van der Waals surface area contributed by atoms with E-state index in [4.69, 9.17) is 4.98 Å². The molecule has 1 fully saturated rings. The van der Waals surface area contributed by atoms with E-state index in [9.17, 15) is 0 Å². The Hall–Kier alpha value is -6.39. The summed E-state index contributed by atoms with van der Waals surface area (Å²) in [6.45, 7) is 0. The van der Waals surface area contributed by atoms with Crippen LogP contribution in [0.2, 0.25) is 0 Å². The Morgan fingerprint density at radius 3 is 1.38 bits per heavy atom. The van der Waals surface area contributed by atoms with Crippen molar-refractivity contribution >= 4 is 54.6 Å². The number of imidazole rings is 1. The van der Waals surface area contributed by atoms with Gasteiger partial charge < -0.3 is 9.13 Å². The zero-order chi connectivity index (χ0) is 34.2. The molecule has 0 amide bonds. The third-order valence-electron chi connectivity index (χ3n) is 11.3. The fraction of sp³-hybridized carbons (Fsp3) is 0.104. The number of para-hydroxylation sites is 6. The Bertz CT molecular complexity index is 2750. The second-order valence-electron chi connectivity index (χ2n) is 14.3. The summed E-state index contributed by atoms with van der Waals surface area (Å²) in [6.07, 6.45) is 4.95. The van der Waals surface area contributed by atoms with Crippen molar-refractivity contribution in [2.24, 2.45) is 0 Å². The van der Waals surface area contributed by atoms with Crippen molar-refractivity contribution in [3.05, 3.63) is 170 Å². The van der Waals surface area contributed by atoms with Gasteiger partial charge in [0.05, 0.1) is 33.1 Å². The highest BCUT2D eigenvalue weighted by molar-refractivity contribution is 6.10. The predicted octanol–water partition coefficient (Wildman–Crippen LogP) is 12.5.